The third-order valence-electron chi connectivity index (χ3n) is 5.42. The fourth-order valence-electron chi connectivity index (χ4n) is 3.87. The van der Waals surface area contributed by atoms with Crippen molar-refractivity contribution in [3.8, 4) is 0 Å². The van der Waals surface area contributed by atoms with Crippen LogP contribution in [0.3, 0.4) is 0 Å². The lowest BCUT2D eigenvalue weighted by molar-refractivity contribution is -0.181. The molecule has 0 bridgehead atoms. The third kappa shape index (κ3) is 3.76. The van der Waals surface area contributed by atoms with E-state index in [2.05, 4.69) is 35.9 Å². The van der Waals surface area contributed by atoms with Crippen molar-refractivity contribution in [2.75, 3.05) is 19.0 Å². The van der Waals surface area contributed by atoms with Crippen LogP contribution in [0.2, 0.25) is 0 Å². The largest absolute Gasteiger partial charge is 0.391 e. The molecule has 0 unspecified atom stereocenters. The number of aromatic amines is 1. The van der Waals surface area contributed by atoms with E-state index in [9.17, 15) is 15.0 Å². The third-order valence-corrected chi connectivity index (χ3v) is 5.42. The summed E-state index contributed by atoms with van der Waals surface area (Å²) in [6, 6.07) is -1.30. The minimum atomic E-state index is -1.10. The molecular formula is C17H25N7O5. The van der Waals surface area contributed by atoms with Crippen molar-refractivity contribution in [2.45, 2.75) is 56.1 Å². The monoisotopic (exact) mass is 407 g/mol. The van der Waals surface area contributed by atoms with Gasteiger partial charge in [-0.15, -0.1) is 0 Å². The van der Waals surface area contributed by atoms with E-state index in [0.29, 0.717) is 29.9 Å². The van der Waals surface area contributed by atoms with Crippen molar-refractivity contribution in [2.24, 2.45) is 0 Å². The summed E-state index contributed by atoms with van der Waals surface area (Å²) in [6.45, 7) is 2.35. The second kappa shape index (κ2) is 8.16. The molecular weight excluding hydrogens is 382 g/mol. The Balaban J connectivity index is 1.48. The summed E-state index contributed by atoms with van der Waals surface area (Å²) in [4.78, 5) is 27.8. The number of carbonyl (C=O) groups excluding carboxylic acids is 1. The zero-order valence-corrected chi connectivity index (χ0v) is 16.1. The standard InChI is InChI=1S/C17H25N7O5/c1-7-9(23-16(27)10-8(25)3-4-18-10)13(28-2)12(26)17(29-7)24-15-11-14(20-5-19-11)21-6-22-15/h5-10,12-13,17-18,25-26H,3-4H2,1-2H3,(H,23,27)(H2,19,20,21,22,24)/t7-,8-,9-,10+,12-,13+,17-/m0/s1. The van der Waals surface area contributed by atoms with E-state index in [4.69, 9.17) is 9.47 Å². The fourth-order valence-corrected chi connectivity index (χ4v) is 3.87. The van der Waals surface area contributed by atoms with Crippen molar-refractivity contribution < 1.29 is 24.5 Å². The van der Waals surface area contributed by atoms with Gasteiger partial charge in [-0.05, 0) is 19.9 Å². The molecule has 2 fully saturated rings. The van der Waals surface area contributed by atoms with Gasteiger partial charge in [0, 0.05) is 7.11 Å². The highest BCUT2D eigenvalue weighted by Gasteiger charge is 2.46. The lowest BCUT2D eigenvalue weighted by atomic mass is 9.95. The number of imidazole rings is 1. The number of anilines is 1. The number of nitrogens with zero attached hydrogens (tertiary/aromatic N) is 3. The van der Waals surface area contributed by atoms with E-state index in [0.717, 1.165) is 0 Å². The summed E-state index contributed by atoms with van der Waals surface area (Å²) in [5, 5.41) is 29.6. The van der Waals surface area contributed by atoms with E-state index < -0.39 is 42.7 Å². The molecule has 12 nitrogen and oxygen atoms in total. The molecule has 7 atom stereocenters. The van der Waals surface area contributed by atoms with Crippen LogP contribution in [-0.2, 0) is 14.3 Å². The first kappa shape index (κ1) is 19.9. The van der Waals surface area contributed by atoms with Gasteiger partial charge in [0.25, 0.3) is 0 Å². The van der Waals surface area contributed by atoms with Gasteiger partial charge in [-0.25, -0.2) is 15.0 Å². The second-order valence-electron chi connectivity index (χ2n) is 7.24. The molecule has 0 aliphatic carbocycles. The zero-order valence-electron chi connectivity index (χ0n) is 16.1. The molecule has 0 spiro atoms. The number of ether oxygens (including phenoxy) is 2. The Kier molecular flexibility index (Phi) is 5.61. The average molecular weight is 407 g/mol. The number of methoxy groups -OCH3 is 1. The van der Waals surface area contributed by atoms with Crippen molar-refractivity contribution in [3.05, 3.63) is 12.7 Å². The number of carbonyl (C=O) groups is 1. The Labute approximate surface area is 166 Å². The van der Waals surface area contributed by atoms with Crippen LogP contribution in [0.25, 0.3) is 11.2 Å². The van der Waals surface area contributed by atoms with Gasteiger partial charge in [0.05, 0.1) is 24.6 Å². The second-order valence-corrected chi connectivity index (χ2v) is 7.24. The molecule has 2 aliphatic heterocycles. The molecule has 4 heterocycles. The van der Waals surface area contributed by atoms with Crippen LogP contribution in [-0.4, -0.2) is 92.4 Å². The number of hydrogen-bond acceptors (Lipinski definition) is 10. The summed E-state index contributed by atoms with van der Waals surface area (Å²) >= 11 is 0. The summed E-state index contributed by atoms with van der Waals surface area (Å²) in [5.74, 6) is 0.0745. The van der Waals surface area contributed by atoms with Gasteiger partial charge in [-0.1, -0.05) is 0 Å². The Morgan fingerprint density at radius 1 is 1.34 bits per heavy atom. The van der Waals surface area contributed by atoms with Gasteiger partial charge in [-0.2, -0.15) is 0 Å². The van der Waals surface area contributed by atoms with Crippen LogP contribution in [0.15, 0.2) is 12.7 Å². The van der Waals surface area contributed by atoms with Crippen LogP contribution < -0.4 is 16.0 Å². The predicted molar refractivity (Wildman–Crippen MR) is 101 cm³/mol. The highest BCUT2D eigenvalue weighted by molar-refractivity contribution is 5.83. The van der Waals surface area contributed by atoms with Crippen LogP contribution in [0.1, 0.15) is 13.3 Å². The number of nitrogens with one attached hydrogen (secondary N) is 4. The molecule has 2 saturated heterocycles. The highest BCUT2D eigenvalue weighted by Crippen LogP contribution is 2.26. The first-order valence-electron chi connectivity index (χ1n) is 9.48. The average Bonchev–Trinajstić information content (AvgIpc) is 3.35. The lowest BCUT2D eigenvalue weighted by Crippen LogP contribution is -2.66. The van der Waals surface area contributed by atoms with Crippen LogP contribution in [0, 0.1) is 0 Å². The molecule has 0 radical (unpaired) electrons. The number of aliphatic hydroxyl groups is 2. The summed E-state index contributed by atoms with van der Waals surface area (Å²) in [7, 11) is 1.46. The molecule has 158 valence electrons. The van der Waals surface area contributed by atoms with E-state index >= 15 is 0 Å². The van der Waals surface area contributed by atoms with Gasteiger partial charge in [0.15, 0.2) is 17.7 Å². The van der Waals surface area contributed by atoms with Crippen molar-refractivity contribution in [1.82, 2.24) is 30.6 Å². The summed E-state index contributed by atoms with van der Waals surface area (Å²) in [6.07, 6.45) is -0.528. The van der Waals surface area contributed by atoms with E-state index in [1.165, 1.54) is 19.8 Å². The zero-order chi connectivity index (χ0) is 20.5. The van der Waals surface area contributed by atoms with Crippen LogP contribution >= 0.6 is 0 Å². The maximum atomic E-state index is 12.6. The maximum absolute atomic E-state index is 12.6. The number of hydrogen-bond donors (Lipinski definition) is 6. The smallest absolute Gasteiger partial charge is 0.240 e. The van der Waals surface area contributed by atoms with Gasteiger partial charge < -0.3 is 40.6 Å². The summed E-state index contributed by atoms with van der Waals surface area (Å²) < 4.78 is 11.4. The molecule has 4 rings (SSSR count). The molecule has 2 aromatic rings. The van der Waals surface area contributed by atoms with Gasteiger partial charge in [-0.3, -0.25) is 4.79 Å². The fraction of sp³-hybridized carbons (Fsp3) is 0.647. The van der Waals surface area contributed by atoms with E-state index in [1.807, 2.05) is 0 Å². The minimum Gasteiger partial charge on any atom is -0.391 e. The maximum Gasteiger partial charge on any atom is 0.240 e. The highest BCUT2D eigenvalue weighted by atomic mass is 16.5. The van der Waals surface area contributed by atoms with E-state index in [1.54, 1.807) is 6.92 Å². The molecule has 6 N–H and O–H groups in total. The molecule has 2 aromatic heterocycles. The van der Waals surface area contributed by atoms with Crippen LogP contribution in [0.4, 0.5) is 5.82 Å². The van der Waals surface area contributed by atoms with Crippen molar-refractivity contribution in [1.29, 1.82) is 0 Å². The number of H-pyrrole nitrogens is 1. The number of aromatic nitrogens is 4. The van der Waals surface area contributed by atoms with Crippen molar-refractivity contribution in [3.63, 3.8) is 0 Å². The minimum absolute atomic E-state index is 0.355. The Bertz CT molecular complexity index is 864. The predicted octanol–water partition coefficient (Wildman–Crippen LogP) is -1.91. The number of aliphatic hydroxyl groups excluding tert-OH is 2. The van der Waals surface area contributed by atoms with Gasteiger partial charge in [0.2, 0.25) is 5.91 Å². The van der Waals surface area contributed by atoms with Gasteiger partial charge in [0.1, 0.15) is 30.1 Å². The number of fused-ring (bicyclic) bond motifs is 1. The summed E-state index contributed by atoms with van der Waals surface area (Å²) in [5.41, 5.74) is 1.07. The first-order valence-corrected chi connectivity index (χ1v) is 9.48. The SMILES string of the molecule is CO[C@H]1[C@H](O)[C@@H](Nc2ncnc3nc[nH]c23)O[C@@H](C)[C@@H]1NC(=O)[C@@H]1NCC[C@@H]1O. The van der Waals surface area contributed by atoms with Gasteiger partial charge >= 0.3 is 0 Å². The molecule has 1 amide bonds. The normalized spacial score (nSPS) is 35.0. The first-order chi connectivity index (χ1) is 14.0. The Morgan fingerprint density at radius 2 is 2.17 bits per heavy atom. The topological polar surface area (TPSA) is 167 Å². The molecule has 0 aromatic carbocycles. The lowest BCUT2D eigenvalue weighted by Gasteiger charge is -2.44. The Hall–Kier alpha value is -2.38. The quantitative estimate of drug-likeness (QED) is 0.329. The number of amides is 1. The molecule has 12 heteroatoms. The number of rotatable bonds is 5. The molecule has 0 saturated carbocycles. The van der Waals surface area contributed by atoms with Crippen molar-refractivity contribution >= 4 is 22.9 Å². The van der Waals surface area contributed by atoms with E-state index in [-0.39, 0.29) is 5.91 Å². The Morgan fingerprint density at radius 3 is 2.90 bits per heavy atom. The van der Waals surface area contributed by atoms with Crippen LogP contribution in [0.5, 0.6) is 0 Å². The molecule has 29 heavy (non-hydrogen) atoms. The molecule has 2 aliphatic rings.